The highest BCUT2D eigenvalue weighted by atomic mass is 16.5. The van der Waals surface area contributed by atoms with E-state index in [1.165, 1.54) is 0 Å². The molecule has 90 valence electrons. The largest absolute Gasteiger partial charge is 0.357 e. The van der Waals surface area contributed by atoms with E-state index in [4.69, 9.17) is 4.74 Å². The van der Waals surface area contributed by atoms with Gasteiger partial charge in [0.1, 0.15) is 5.72 Å². The predicted molar refractivity (Wildman–Crippen MR) is 64.8 cm³/mol. The molecule has 2 nitrogen and oxygen atoms in total. The van der Waals surface area contributed by atoms with Gasteiger partial charge in [-0.3, -0.25) is 5.32 Å². The molecular weight excluding hydrogens is 186 g/mol. The summed E-state index contributed by atoms with van der Waals surface area (Å²) < 4.78 is 6.34. The number of ether oxygens (including phenoxy) is 1. The van der Waals surface area contributed by atoms with Gasteiger partial charge in [-0.15, -0.1) is 0 Å². The maximum Gasteiger partial charge on any atom is 0.119 e. The Morgan fingerprint density at radius 2 is 1.80 bits per heavy atom. The van der Waals surface area contributed by atoms with Crippen LogP contribution in [0.25, 0.3) is 0 Å². The number of hydrogen-bond acceptors (Lipinski definition) is 2. The molecule has 1 atom stereocenters. The third-order valence-electron chi connectivity index (χ3n) is 3.74. The van der Waals surface area contributed by atoms with Gasteiger partial charge in [0, 0.05) is 12.0 Å². The van der Waals surface area contributed by atoms with Crippen LogP contribution >= 0.6 is 0 Å². The monoisotopic (exact) mass is 213 g/mol. The molecule has 15 heavy (non-hydrogen) atoms. The van der Waals surface area contributed by atoms with E-state index >= 15 is 0 Å². The molecule has 1 aliphatic rings. The lowest BCUT2D eigenvalue weighted by Gasteiger charge is -2.50. The van der Waals surface area contributed by atoms with E-state index in [0.29, 0.717) is 12.0 Å². The third-order valence-corrected chi connectivity index (χ3v) is 3.74. The van der Waals surface area contributed by atoms with Crippen LogP contribution in [0.5, 0.6) is 0 Å². The highest BCUT2D eigenvalue weighted by Gasteiger charge is 2.44. The van der Waals surface area contributed by atoms with Crippen LogP contribution < -0.4 is 5.32 Å². The van der Waals surface area contributed by atoms with Gasteiger partial charge in [-0.2, -0.15) is 0 Å². The summed E-state index contributed by atoms with van der Waals surface area (Å²) in [6.07, 6.45) is 2.45. The van der Waals surface area contributed by atoms with Crippen molar-refractivity contribution in [2.24, 2.45) is 11.3 Å². The number of rotatable bonds is 3. The molecule has 2 heteroatoms. The molecule has 1 heterocycles. The van der Waals surface area contributed by atoms with Gasteiger partial charge >= 0.3 is 0 Å². The standard InChI is InChI=1S/C13H27NO/c1-7-13(8-2)14-9-12(5,6)11(15-13)10(3)4/h10-11,14H,7-9H2,1-6H3. The van der Waals surface area contributed by atoms with Gasteiger partial charge in [0.25, 0.3) is 0 Å². The summed E-state index contributed by atoms with van der Waals surface area (Å²) in [5.74, 6) is 0.583. The molecule has 1 rings (SSSR count). The minimum Gasteiger partial charge on any atom is -0.357 e. The Kier molecular flexibility index (Phi) is 3.83. The zero-order valence-electron chi connectivity index (χ0n) is 11.2. The SMILES string of the molecule is CCC1(CC)NCC(C)(C)C(C(C)C)O1. The van der Waals surface area contributed by atoms with E-state index in [-0.39, 0.29) is 11.1 Å². The van der Waals surface area contributed by atoms with Crippen LogP contribution in [0.2, 0.25) is 0 Å². The molecule has 1 saturated heterocycles. The van der Waals surface area contributed by atoms with E-state index in [1.807, 2.05) is 0 Å². The second-order valence-electron chi connectivity index (χ2n) is 5.83. The first-order chi connectivity index (χ1) is 6.87. The molecule has 0 spiro atoms. The topological polar surface area (TPSA) is 21.3 Å². The van der Waals surface area contributed by atoms with Crippen LogP contribution in [0.4, 0.5) is 0 Å². The first-order valence-corrected chi connectivity index (χ1v) is 6.29. The number of nitrogens with one attached hydrogen (secondary N) is 1. The lowest BCUT2D eigenvalue weighted by atomic mass is 9.78. The van der Waals surface area contributed by atoms with E-state index in [9.17, 15) is 0 Å². The van der Waals surface area contributed by atoms with Gasteiger partial charge in [0.2, 0.25) is 0 Å². The molecule has 1 unspecified atom stereocenters. The summed E-state index contributed by atoms with van der Waals surface area (Å²) >= 11 is 0. The molecular formula is C13H27NO. The van der Waals surface area contributed by atoms with Gasteiger partial charge in [-0.1, -0.05) is 41.5 Å². The smallest absolute Gasteiger partial charge is 0.119 e. The van der Waals surface area contributed by atoms with Crippen LogP contribution in [0.1, 0.15) is 54.4 Å². The minimum atomic E-state index is -0.0789. The molecule has 0 radical (unpaired) electrons. The van der Waals surface area contributed by atoms with Crippen molar-refractivity contribution >= 4 is 0 Å². The molecule has 1 fully saturated rings. The summed E-state index contributed by atoms with van der Waals surface area (Å²) in [6, 6.07) is 0. The molecule has 1 aliphatic heterocycles. The Labute approximate surface area is 94.8 Å². The Bertz CT molecular complexity index is 207. The Morgan fingerprint density at radius 1 is 1.27 bits per heavy atom. The summed E-state index contributed by atoms with van der Waals surface area (Å²) in [6.45, 7) is 14.6. The van der Waals surface area contributed by atoms with E-state index in [0.717, 1.165) is 19.4 Å². The molecule has 0 aromatic rings. The first-order valence-electron chi connectivity index (χ1n) is 6.29. The van der Waals surface area contributed by atoms with Crippen molar-refractivity contribution in [3.63, 3.8) is 0 Å². The second-order valence-corrected chi connectivity index (χ2v) is 5.83. The molecule has 0 aliphatic carbocycles. The fourth-order valence-corrected chi connectivity index (χ4v) is 2.64. The Morgan fingerprint density at radius 3 is 2.20 bits per heavy atom. The van der Waals surface area contributed by atoms with Gasteiger partial charge in [-0.25, -0.2) is 0 Å². The lowest BCUT2D eigenvalue weighted by molar-refractivity contribution is -0.206. The highest BCUT2D eigenvalue weighted by Crippen LogP contribution is 2.37. The van der Waals surface area contributed by atoms with Crippen LogP contribution in [0.3, 0.4) is 0 Å². The summed E-state index contributed by atoms with van der Waals surface area (Å²) in [7, 11) is 0. The van der Waals surface area contributed by atoms with Crippen LogP contribution in [0, 0.1) is 11.3 Å². The average Bonchev–Trinajstić information content (AvgIpc) is 2.18. The molecule has 1 N–H and O–H groups in total. The zero-order valence-corrected chi connectivity index (χ0v) is 11.2. The van der Waals surface area contributed by atoms with E-state index in [2.05, 4.69) is 46.9 Å². The normalized spacial score (nSPS) is 29.4. The highest BCUT2D eigenvalue weighted by molar-refractivity contribution is 4.93. The van der Waals surface area contributed by atoms with Crippen molar-refractivity contribution in [2.75, 3.05) is 6.54 Å². The van der Waals surface area contributed by atoms with Crippen molar-refractivity contribution < 1.29 is 4.74 Å². The van der Waals surface area contributed by atoms with Crippen LogP contribution in [-0.4, -0.2) is 18.4 Å². The van der Waals surface area contributed by atoms with Crippen LogP contribution in [-0.2, 0) is 4.74 Å². The fourth-order valence-electron chi connectivity index (χ4n) is 2.64. The van der Waals surface area contributed by atoms with Crippen LogP contribution in [0.15, 0.2) is 0 Å². The van der Waals surface area contributed by atoms with Crippen molar-refractivity contribution in [1.82, 2.24) is 5.32 Å². The molecule has 0 bridgehead atoms. The first kappa shape index (κ1) is 13.0. The number of hydrogen-bond donors (Lipinski definition) is 1. The summed E-state index contributed by atoms with van der Waals surface area (Å²) in [5.41, 5.74) is 0.159. The van der Waals surface area contributed by atoms with Crippen molar-refractivity contribution in [3.8, 4) is 0 Å². The Hall–Kier alpha value is -0.0800. The van der Waals surface area contributed by atoms with Crippen molar-refractivity contribution in [1.29, 1.82) is 0 Å². The second kappa shape index (κ2) is 4.42. The van der Waals surface area contributed by atoms with Gasteiger partial charge in [0.15, 0.2) is 0 Å². The summed E-state index contributed by atoms with van der Waals surface area (Å²) in [4.78, 5) is 0. The molecule has 0 saturated carbocycles. The minimum absolute atomic E-state index is 0.0789. The quantitative estimate of drug-likeness (QED) is 0.777. The van der Waals surface area contributed by atoms with E-state index in [1.54, 1.807) is 0 Å². The maximum atomic E-state index is 6.34. The maximum absolute atomic E-state index is 6.34. The van der Waals surface area contributed by atoms with Crippen molar-refractivity contribution in [2.45, 2.75) is 66.2 Å². The van der Waals surface area contributed by atoms with Gasteiger partial charge in [-0.05, 0) is 18.8 Å². The average molecular weight is 213 g/mol. The molecule has 0 amide bonds. The predicted octanol–water partition coefficient (Wildman–Crippen LogP) is 3.17. The molecule has 0 aromatic carbocycles. The van der Waals surface area contributed by atoms with E-state index < -0.39 is 0 Å². The van der Waals surface area contributed by atoms with Gasteiger partial charge in [0.05, 0.1) is 6.10 Å². The Balaban J connectivity index is 2.83. The third kappa shape index (κ3) is 2.54. The lowest BCUT2D eigenvalue weighted by Crippen LogP contribution is -2.62. The fraction of sp³-hybridized carbons (Fsp3) is 1.00. The summed E-state index contributed by atoms with van der Waals surface area (Å²) in [5, 5.41) is 3.58. The van der Waals surface area contributed by atoms with Gasteiger partial charge < -0.3 is 4.74 Å². The van der Waals surface area contributed by atoms with Crippen molar-refractivity contribution in [3.05, 3.63) is 0 Å². The zero-order chi connectivity index (χ0) is 11.7. The molecule has 0 aromatic heterocycles.